The third kappa shape index (κ3) is 4.43. The summed E-state index contributed by atoms with van der Waals surface area (Å²) in [5, 5.41) is 13.0. The van der Waals surface area contributed by atoms with Crippen LogP contribution in [0.5, 0.6) is 5.75 Å². The van der Waals surface area contributed by atoms with E-state index in [-0.39, 0.29) is 17.9 Å². The van der Waals surface area contributed by atoms with Crippen LogP contribution < -0.4 is 4.74 Å². The second-order valence-corrected chi connectivity index (χ2v) is 9.01. The maximum absolute atomic E-state index is 13.0. The summed E-state index contributed by atoms with van der Waals surface area (Å²) in [7, 11) is 0. The molecule has 1 aliphatic heterocycles. The van der Waals surface area contributed by atoms with Gasteiger partial charge in [0.1, 0.15) is 11.5 Å². The normalized spacial score (nSPS) is 17.8. The Morgan fingerprint density at radius 1 is 1.16 bits per heavy atom. The first kappa shape index (κ1) is 21.8. The van der Waals surface area contributed by atoms with E-state index in [9.17, 15) is 14.7 Å². The Hall–Kier alpha value is -3.45. The van der Waals surface area contributed by atoms with Gasteiger partial charge < -0.3 is 14.7 Å². The molecule has 1 amide bonds. The van der Waals surface area contributed by atoms with Gasteiger partial charge in [-0.1, -0.05) is 26.0 Å². The quantitative estimate of drug-likeness (QED) is 0.319. The summed E-state index contributed by atoms with van der Waals surface area (Å²) in [6.45, 7) is 4.94. The van der Waals surface area contributed by atoms with E-state index in [1.807, 2.05) is 23.6 Å². The molecule has 0 spiro atoms. The van der Waals surface area contributed by atoms with Crippen molar-refractivity contribution < 1.29 is 19.4 Å². The Morgan fingerprint density at radius 2 is 1.94 bits per heavy atom. The lowest BCUT2D eigenvalue weighted by molar-refractivity contribution is -0.140. The number of hydrogen-bond donors (Lipinski definition) is 1. The average molecular weight is 449 g/mol. The highest BCUT2D eigenvalue weighted by molar-refractivity contribution is 7.10. The predicted molar refractivity (Wildman–Crippen MR) is 123 cm³/mol. The molecule has 0 unspecified atom stereocenters. The van der Waals surface area contributed by atoms with Crippen LogP contribution in [-0.2, 0) is 16.1 Å². The molecule has 4 rings (SSSR count). The molecule has 7 heteroatoms. The van der Waals surface area contributed by atoms with Gasteiger partial charge in [0.05, 0.1) is 18.2 Å². The molecule has 2 aromatic heterocycles. The van der Waals surface area contributed by atoms with Crippen LogP contribution in [0.15, 0.2) is 71.9 Å². The molecule has 1 N–H and O–H groups in total. The van der Waals surface area contributed by atoms with Gasteiger partial charge in [0, 0.05) is 29.4 Å². The summed E-state index contributed by atoms with van der Waals surface area (Å²) >= 11 is 1.44. The van der Waals surface area contributed by atoms with Gasteiger partial charge >= 0.3 is 0 Å². The Kier molecular flexibility index (Phi) is 6.37. The summed E-state index contributed by atoms with van der Waals surface area (Å²) in [6, 6.07) is 13.6. The zero-order valence-electron chi connectivity index (χ0n) is 17.9. The molecule has 1 fully saturated rings. The lowest BCUT2D eigenvalue weighted by Gasteiger charge is -2.24. The topological polar surface area (TPSA) is 79.7 Å². The highest BCUT2D eigenvalue weighted by Crippen LogP contribution is 2.41. The fourth-order valence-corrected chi connectivity index (χ4v) is 4.45. The van der Waals surface area contributed by atoms with Gasteiger partial charge in [-0.3, -0.25) is 14.6 Å². The average Bonchev–Trinajstić information content (AvgIpc) is 3.41. The lowest BCUT2D eigenvalue weighted by Crippen LogP contribution is -2.28. The number of nitrogens with zero attached hydrogens (tertiary/aromatic N) is 2. The number of aliphatic hydroxyl groups is 1. The number of aliphatic hydroxyl groups excluding tert-OH is 1. The van der Waals surface area contributed by atoms with Gasteiger partial charge in [-0.25, -0.2) is 0 Å². The number of benzene rings is 1. The number of rotatable bonds is 7. The number of pyridine rings is 1. The number of carbonyl (C=O) groups excluding carboxylic acids is 2. The molecule has 1 aromatic carbocycles. The summed E-state index contributed by atoms with van der Waals surface area (Å²) in [4.78, 5) is 32.4. The number of likely N-dealkylation sites (tertiary alicyclic amines) is 1. The molecule has 6 nitrogen and oxygen atoms in total. The number of carbonyl (C=O) groups is 2. The van der Waals surface area contributed by atoms with E-state index in [1.165, 1.54) is 16.2 Å². The van der Waals surface area contributed by atoms with Crippen molar-refractivity contribution in [2.24, 2.45) is 5.92 Å². The lowest BCUT2D eigenvalue weighted by atomic mass is 9.99. The Bertz CT molecular complexity index is 1120. The van der Waals surface area contributed by atoms with Crippen LogP contribution in [0.25, 0.3) is 5.76 Å². The van der Waals surface area contributed by atoms with E-state index < -0.39 is 17.7 Å². The van der Waals surface area contributed by atoms with E-state index in [0.29, 0.717) is 23.8 Å². The van der Waals surface area contributed by atoms with Gasteiger partial charge in [0.2, 0.25) is 0 Å². The molecule has 0 bridgehead atoms. The summed E-state index contributed by atoms with van der Waals surface area (Å²) in [5.74, 6) is -0.437. The minimum absolute atomic E-state index is 0.0946. The van der Waals surface area contributed by atoms with Crippen molar-refractivity contribution in [1.29, 1.82) is 0 Å². The first-order valence-electron chi connectivity index (χ1n) is 10.4. The highest BCUT2D eigenvalue weighted by atomic mass is 32.1. The maximum atomic E-state index is 13.0. The van der Waals surface area contributed by atoms with E-state index >= 15 is 0 Å². The molecule has 1 aliphatic rings. The third-order valence-electron chi connectivity index (χ3n) is 5.14. The van der Waals surface area contributed by atoms with Crippen molar-refractivity contribution in [2.75, 3.05) is 6.61 Å². The van der Waals surface area contributed by atoms with Crippen LogP contribution in [0.4, 0.5) is 0 Å². The molecule has 32 heavy (non-hydrogen) atoms. The van der Waals surface area contributed by atoms with Gasteiger partial charge in [-0.15, -0.1) is 11.3 Å². The molecule has 1 saturated heterocycles. The van der Waals surface area contributed by atoms with Gasteiger partial charge in [0.15, 0.2) is 0 Å². The van der Waals surface area contributed by atoms with Crippen molar-refractivity contribution in [3.63, 3.8) is 0 Å². The molecular weight excluding hydrogens is 424 g/mol. The number of ether oxygens (including phenoxy) is 1. The number of amides is 1. The van der Waals surface area contributed by atoms with E-state index in [1.54, 1.807) is 42.7 Å². The summed E-state index contributed by atoms with van der Waals surface area (Å²) in [6.07, 6.45) is 3.32. The zero-order chi connectivity index (χ0) is 22.7. The van der Waals surface area contributed by atoms with Crippen LogP contribution in [0.3, 0.4) is 0 Å². The minimum Gasteiger partial charge on any atom is -0.507 e. The second kappa shape index (κ2) is 9.36. The van der Waals surface area contributed by atoms with Gasteiger partial charge in [0.25, 0.3) is 11.7 Å². The van der Waals surface area contributed by atoms with E-state index in [4.69, 9.17) is 4.74 Å². The van der Waals surface area contributed by atoms with Crippen molar-refractivity contribution in [1.82, 2.24) is 9.88 Å². The number of thiophene rings is 1. The van der Waals surface area contributed by atoms with Crippen molar-refractivity contribution in [2.45, 2.75) is 26.4 Å². The fourth-order valence-electron chi connectivity index (χ4n) is 3.60. The minimum atomic E-state index is -0.690. The Morgan fingerprint density at radius 3 is 2.56 bits per heavy atom. The first-order chi connectivity index (χ1) is 15.5. The van der Waals surface area contributed by atoms with Crippen LogP contribution in [0.2, 0.25) is 0 Å². The molecule has 0 aliphatic carbocycles. The molecule has 0 radical (unpaired) electrons. The maximum Gasteiger partial charge on any atom is 0.295 e. The van der Waals surface area contributed by atoms with E-state index in [0.717, 1.165) is 10.4 Å². The molecular formula is C25H24N2O4S. The highest BCUT2D eigenvalue weighted by Gasteiger charge is 2.46. The van der Waals surface area contributed by atoms with Crippen LogP contribution in [-0.4, -0.2) is 33.3 Å². The SMILES string of the molecule is CC(C)COc1ccc(/C(O)=C2\C(=O)C(=O)N(Cc3cccnc3)[C@H]2c2cccs2)cc1. The van der Waals surface area contributed by atoms with Crippen molar-refractivity contribution >= 4 is 28.8 Å². The predicted octanol–water partition coefficient (Wildman–Crippen LogP) is 4.80. The Balaban J connectivity index is 1.71. The standard InChI is InChI=1S/C25H24N2O4S/c1-16(2)15-31-19-9-7-18(8-10-19)23(28)21-22(20-6-4-12-32-20)27(25(30)24(21)29)14-17-5-3-11-26-13-17/h3-13,16,22,28H,14-15H2,1-2H3/b23-21+/t22-/m0/s1. The van der Waals surface area contributed by atoms with Crippen LogP contribution in [0.1, 0.15) is 35.9 Å². The Labute approximate surface area is 190 Å². The zero-order valence-corrected chi connectivity index (χ0v) is 18.7. The summed E-state index contributed by atoms with van der Waals surface area (Å²) in [5.41, 5.74) is 1.36. The van der Waals surface area contributed by atoms with Gasteiger partial charge in [-0.2, -0.15) is 0 Å². The first-order valence-corrected chi connectivity index (χ1v) is 11.3. The largest absolute Gasteiger partial charge is 0.507 e. The fraction of sp³-hybridized carbons (Fsp3) is 0.240. The molecule has 164 valence electrons. The number of ketones is 1. The number of Topliss-reactive ketones (excluding diaryl/α,β-unsaturated/α-hetero) is 1. The van der Waals surface area contributed by atoms with Crippen LogP contribution >= 0.6 is 11.3 Å². The second-order valence-electron chi connectivity index (χ2n) is 8.03. The molecule has 0 saturated carbocycles. The third-order valence-corrected chi connectivity index (χ3v) is 6.06. The van der Waals surface area contributed by atoms with E-state index in [2.05, 4.69) is 18.8 Å². The smallest absolute Gasteiger partial charge is 0.295 e. The molecule has 1 atom stereocenters. The molecule has 3 aromatic rings. The molecule has 3 heterocycles. The number of hydrogen-bond acceptors (Lipinski definition) is 6. The monoisotopic (exact) mass is 448 g/mol. The number of aromatic nitrogens is 1. The van der Waals surface area contributed by atoms with Crippen molar-refractivity contribution in [3.8, 4) is 5.75 Å². The van der Waals surface area contributed by atoms with Gasteiger partial charge in [-0.05, 0) is 53.3 Å². The summed E-state index contributed by atoms with van der Waals surface area (Å²) < 4.78 is 5.70. The van der Waals surface area contributed by atoms with Crippen LogP contribution in [0, 0.1) is 5.92 Å². The van der Waals surface area contributed by atoms with Crippen molar-refractivity contribution in [3.05, 3.63) is 87.9 Å².